The minimum atomic E-state index is -2.65. The van der Waals surface area contributed by atoms with Gasteiger partial charge in [0.2, 0.25) is 5.91 Å². The highest BCUT2D eigenvalue weighted by Gasteiger charge is 2.64. The molecule has 2 aromatic rings. The summed E-state index contributed by atoms with van der Waals surface area (Å²) >= 11 is 0. The first-order valence-corrected chi connectivity index (χ1v) is 10.5. The van der Waals surface area contributed by atoms with Crippen LogP contribution in [0.15, 0.2) is 24.5 Å². The fourth-order valence-corrected chi connectivity index (χ4v) is 6.13. The summed E-state index contributed by atoms with van der Waals surface area (Å²) in [4.78, 5) is 23.8. The third kappa shape index (κ3) is 2.50. The standard InChI is InChI=1S/C21H23F2N5O/c22-18(23)17-9-16(26-20-24-11-25-28(17)20)12-2-1-7-27(10-12)19(29)14-8-13-3-4-15(14)21(13)5-6-21/h3-4,9,11-15,18H,1-2,5-8,10H2/t12-,13-,14-,15-/m1/s1. The smallest absolute Gasteiger partial charge is 0.280 e. The molecule has 4 aliphatic rings. The Balaban J connectivity index is 1.25. The highest BCUT2D eigenvalue weighted by molar-refractivity contribution is 5.81. The van der Waals surface area contributed by atoms with Gasteiger partial charge in [0.15, 0.2) is 0 Å². The van der Waals surface area contributed by atoms with E-state index in [2.05, 4.69) is 27.2 Å². The van der Waals surface area contributed by atoms with E-state index in [9.17, 15) is 13.6 Å². The molecule has 8 heteroatoms. The van der Waals surface area contributed by atoms with Crippen molar-refractivity contribution >= 4 is 11.7 Å². The molecule has 1 aliphatic heterocycles. The molecule has 3 aliphatic carbocycles. The van der Waals surface area contributed by atoms with Crippen LogP contribution in [-0.4, -0.2) is 43.5 Å². The molecule has 1 spiro atoms. The van der Waals surface area contributed by atoms with Crippen LogP contribution in [0.3, 0.4) is 0 Å². The average molecular weight is 399 g/mol. The van der Waals surface area contributed by atoms with Gasteiger partial charge in [0.1, 0.15) is 12.0 Å². The summed E-state index contributed by atoms with van der Waals surface area (Å²) in [7, 11) is 0. The maximum absolute atomic E-state index is 13.5. The zero-order chi connectivity index (χ0) is 19.8. The van der Waals surface area contributed by atoms with E-state index >= 15 is 0 Å². The van der Waals surface area contributed by atoms with Gasteiger partial charge < -0.3 is 4.90 Å². The molecule has 1 amide bonds. The molecule has 29 heavy (non-hydrogen) atoms. The van der Waals surface area contributed by atoms with Crippen molar-refractivity contribution in [2.75, 3.05) is 13.1 Å². The fourth-order valence-electron chi connectivity index (χ4n) is 6.13. The molecule has 3 fully saturated rings. The number of amides is 1. The first-order chi connectivity index (χ1) is 14.1. The number of hydrogen-bond donors (Lipinski definition) is 0. The van der Waals surface area contributed by atoms with Crippen molar-refractivity contribution in [2.24, 2.45) is 23.2 Å². The quantitative estimate of drug-likeness (QED) is 0.743. The number of hydrogen-bond acceptors (Lipinski definition) is 4. The number of nitrogens with zero attached hydrogens (tertiary/aromatic N) is 5. The van der Waals surface area contributed by atoms with Gasteiger partial charge in [0.05, 0.1) is 5.69 Å². The van der Waals surface area contributed by atoms with E-state index in [1.54, 1.807) is 0 Å². The molecule has 0 radical (unpaired) electrons. The second-order valence-corrected chi connectivity index (χ2v) is 9.09. The van der Waals surface area contributed by atoms with Gasteiger partial charge in [-0.2, -0.15) is 14.6 Å². The van der Waals surface area contributed by atoms with Gasteiger partial charge in [-0.05, 0) is 55.4 Å². The molecule has 152 valence electrons. The van der Waals surface area contributed by atoms with E-state index in [4.69, 9.17) is 0 Å². The predicted molar refractivity (Wildman–Crippen MR) is 100 cm³/mol. The van der Waals surface area contributed by atoms with Crippen molar-refractivity contribution < 1.29 is 13.6 Å². The van der Waals surface area contributed by atoms with Crippen LogP contribution in [0.4, 0.5) is 8.78 Å². The van der Waals surface area contributed by atoms with Crippen LogP contribution < -0.4 is 0 Å². The van der Waals surface area contributed by atoms with Crippen molar-refractivity contribution in [3.05, 3.63) is 35.9 Å². The summed E-state index contributed by atoms with van der Waals surface area (Å²) in [5.74, 6) is 1.46. The van der Waals surface area contributed by atoms with Crippen molar-refractivity contribution in [3.8, 4) is 0 Å². The van der Waals surface area contributed by atoms with E-state index < -0.39 is 6.43 Å². The average Bonchev–Trinajstić information content (AvgIpc) is 3.14. The lowest BCUT2D eigenvalue weighted by Crippen LogP contribution is -2.43. The highest BCUT2D eigenvalue weighted by atomic mass is 19.3. The number of allylic oxidation sites excluding steroid dienone is 2. The number of rotatable bonds is 3. The maximum atomic E-state index is 13.5. The molecule has 3 heterocycles. The third-order valence-electron chi connectivity index (χ3n) is 7.71. The zero-order valence-corrected chi connectivity index (χ0v) is 16.0. The Morgan fingerprint density at radius 1 is 1.28 bits per heavy atom. The summed E-state index contributed by atoms with van der Waals surface area (Å²) < 4.78 is 28.1. The number of carbonyl (C=O) groups is 1. The molecule has 2 aromatic heterocycles. The van der Waals surface area contributed by atoms with Crippen molar-refractivity contribution in [3.63, 3.8) is 0 Å². The van der Waals surface area contributed by atoms with Crippen LogP contribution in [0.25, 0.3) is 5.78 Å². The van der Waals surface area contributed by atoms with Crippen LogP contribution in [-0.2, 0) is 4.79 Å². The van der Waals surface area contributed by atoms with Crippen LogP contribution >= 0.6 is 0 Å². The second kappa shape index (κ2) is 6.06. The van der Waals surface area contributed by atoms with Gasteiger partial charge in [-0.1, -0.05) is 12.2 Å². The van der Waals surface area contributed by atoms with Gasteiger partial charge in [-0.3, -0.25) is 4.79 Å². The largest absolute Gasteiger partial charge is 0.342 e. The Labute approximate surface area is 167 Å². The zero-order valence-electron chi connectivity index (χ0n) is 16.0. The second-order valence-electron chi connectivity index (χ2n) is 9.09. The van der Waals surface area contributed by atoms with E-state index in [-0.39, 0.29) is 29.2 Å². The lowest BCUT2D eigenvalue weighted by Gasteiger charge is -2.35. The summed E-state index contributed by atoms with van der Waals surface area (Å²) in [6, 6.07) is 1.43. The minimum absolute atomic E-state index is 0.0454. The lowest BCUT2D eigenvalue weighted by atomic mass is 9.86. The topological polar surface area (TPSA) is 63.4 Å². The highest BCUT2D eigenvalue weighted by Crippen LogP contribution is 2.70. The first-order valence-electron chi connectivity index (χ1n) is 10.5. The summed E-state index contributed by atoms with van der Waals surface area (Å²) in [6.07, 6.45) is 8.36. The molecule has 0 unspecified atom stereocenters. The molecule has 4 atom stereocenters. The van der Waals surface area contributed by atoms with Gasteiger partial charge in [-0.25, -0.2) is 13.8 Å². The SMILES string of the molecule is O=C([C@@H]1C[C@H]2C=C[C@H]1C21CC1)N1CCC[C@@H](c2cc(C(F)F)n3ncnc3n2)C1. The summed E-state index contributed by atoms with van der Waals surface area (Å²) in [5, 5.41) is 3.86. The Morgan fingerprint density at radius 3 is 2.90 bits per heavy atom. The molecule has 6 nitrogen and oxygen atoms in total. The van der Waals surface area contributed by atoms with Gasteiger partial charge in [0, 0.05) is 24.9 Å². The number of aromatic nitrogens is 4. The molecule has 0 aromatic carbocycles. The lowest BCUT2D eigenvalue weighted by molar-refractivity contribution is -0.137. The fraction of sp³-hybridized carbons (Fsp3) is 0.619. The van der Waals surface area contributed by atoms with Crippen molar-refractivity contribution in [1.82, 2.24) is 24.5 Å². The van der Waals surface area contributed by atoms with Gasteiger partial charge >= 0.3 is 0 Å². The van der Waals surface area contributed by atoms with E-state index in [0.717, 1.165) is 30.3 Å². The number of piperidine rings is 1. The van der Waals surface area contributed by atoms with Crippen LogP contribution in [0.5, 0.6) is 0 Å². The molecule has 0 N–H and O–H groups in total. The van der Waals surface area contributed by atoms with Gasteiger partial charge in [-0.15, -0.1) is 0 Å². The number of carbonyl (C=O) groups excluding carboxylic acids is 1. The molecular weight excluding hydrogens is 376 g/mol. The predicted octanol–water partition coefficient (Wildman–Crippen LogP) is 3.37. The Kier molecular flexibility index (Phi) is 3.65. The molecule has 2 bridgehead atoms. The summed E-state index contributed by atoms with van der Waals surface area (Å²) in [5.41, 5.74) is 0.784. The van der Waals surface area contributed by atoms with E-state index in [0.29, 0.717) is 29.5 Å². The van der Waals surface area contributed by atoms with Crippen molar-refractivity contribution in [2.45, 2.75) is 44.4 Å². The Hall–Kier alpha value is -2.38. The summed E-state index contributed by atoms with van der Waals surface area (Å²) in [6.45, 7) is 1.29. The van der Waals surface area contributed by atoms with Gasteiger partial charge in [0.25, 0.3) is 12.2 Å². The monoisotopic (exact) mass is 399 g/mol. The number of fused-ring (bicyclic) bond motifs is 1. The number of halogens is 2. The van der Waals surface area contributed by atoms with Crippen LogP contribution in [0, 0.1) is 23.2 Å². The third-order valence-corrected chi connectivity index (χ3v) is 7.71. The maximum Gasteiger partial charge on any atom is 0.280 e. The normalized spacial score (nSPS) is 32.0. The molecule has 2 saturated carbocycles. The molecular formula is C21H23F2N5O. The number of likely N-dealkylation sites (tertiary alicyclic amines) is 1. The first kappa shape index (κ1) is 17.5. The van der Waals surface area contributed by atoms with Crippen LogP contribution in [0.1, 0.15) is 55.8 Å². The van der Waals surface area contributed by atoms with Crippen molar-refractivity contribution in [1.29, 1.82) is 0 Å². The Bertz CT molecular complexity index is 1010. The Morgan fingerprint density at radius 2 is 2.14 bits per heavy atom. The van der Waals surface area contributed by atoms with E-state index in [1.165, 1.54) is 25.2 Å². The van der Waals surface area contributed by atoms with E-state index in [1.807, 2.05) is 4.90 Å². The molecule has 1 saturated heterocycles. The molecule has 6 rings (SSSR count). The number of alkyl halides is 2. The minimum Gasteiger partial charge on any atom is -0.342 e. The van der Waals surface area contributed by atoms with Crippen LogP contribution in [0.2, 0.25) is 0 Å².